The first-order chi connectivity index (χ1) is 13.3. The first-order valence-electron chi connectivity index (χ1n) is 8.47. The van der Waals surface area contributed by atoms with E-state index >= 15 is 0 Å². The Bertz CT molecular complexity index is 1040. The maximum Gasteiger partial charge on any atom is 0.222 e. The van der Waals surface area contributed by atoms with Crippen LogP contribution in [0.5, 0.6) is 5.75 Å². The fraction of sp³-hybridized carbons (Fsp3) is 0.0476. The van der Waals surface area contributed by atoms with Gasteiger partial charge in [0.1, 0.15) is 12.4 Å². The Morgan fingerprint density at radius 3 is 2.74 bits per heavy atom. The number of fused-ring (bicyclic) bond motifs is 1. The molecule has 0 saturated carbocycles. The van der Waals surface area contributed by atoms with Crippen LogP contribution in [0.25, 0.3) is 11.0 Å². The second-order valence-corrected chi connectivity index (χ2v) is 6.88. The molecule has 5 nitrogen and oxygen atoms in total. The summed E-state index contributed by atoms with van der Waals surface area (Å²) in [6.45, 7) is 0.519. The van der Waals surface area contributed by atoms with E-state index in [4.69, 9.17) is 4.74 Å². The van der Waals surface area contributed by atoms with E-state index in [1.807, 2.05) is 72.8 Å². The van der Waals surface area contributed by atoms with Crippen LogP contribution in [0.1, 0.15) is 11.1 Å². The van der Waals surface area contributed by atoms with Crippen LogP contribution in [0, 0.1) is 0 Å². The second-order valence-electron chi connectivity index (χ2n) is 5.96. The number of H-pyrrole nitrogens is 1. The molecule has 3 aromatic carbocycles. The van der Waals surface area contributed by atoms with E-state index in [0.29, 0.717) is 12.6 Å². The van der Waals surface area contributed by atoms with Gasteiger partial charge in [-0.3, -0.25) is 0 Å². The lowest BCUT2D eigenvalue weighted by molar-refractivity contribution is 0.306. The number of hydrogen-bond acceptors (Lipinski definition) is 4. The van der Waals surface area contributed by atoms with Crippen LogP contribution in [-0.2, 0) is 6.61 Å². The molecule has 4 aromatic rings. The van der Waals surface area contributed by atoms with E-state index < -0.39 is 0 Å². The molecule has 4 rings (SSSR count). The predicted octanol–water partition coefficient (Wildman–Crippen LogP) is 5.35. The molecule has 0 unspecified atom stereocenters. The number of rotatable bonds is 6. The molecule has 0 saturated heterocycles. The topological polar surface area (TPSA) is 62.3 Å². The molecule has 0 bridgehead atoms. The third-order valence-corrected chi connectivity index (χ3v) is 4.48. The molecule has 2 N–H and O–H groups in total. The van der Waals surface area contributed by atoms with E-state index in [9.17, 15) is 0 Å². The van der Waals surface area contributed by atoms with Crippen molar-refractivity contribution in [3.63, 3.8) is 0 Å². The van der Waals surface area contributed by atoms with Gasteiger partial charge in [0, 0.05) is 4.47 Å². The highest BCUT2D eigenvalue weighted by Gasteiger charge is 2.00. The van der Waals surface area contributed by atoms with Gasteiger partial charge in [-0.05, 0) is 47.5 Å². The smallest absolute Gasteiger partial charge is 0.222 e. The lowest BCUT2D eigenvalue weighted by Crippen LogP contribution is -1.96. The molecule has 0 radical (unpaired) electrons. The van der Waals surface area contributed by atoms with Crippen LogP contribution in [0.3, 0.4) is 0 Å². The lowest BCUT2D eigenvalue weighted by atomic mass is 10.2. The Balaban J connectivity index is 1.38. The van der Waals surface area contributed by atoms with Crippen LogP contribution >= 0.6 is 15.9 Å². The molecule has 1 heterocycles. The van der Waals surface area contributed by atoms with Crippen LogP contribution in [-0.4, -0.2) is 16.2 Å². The summed E-state index contributed by atoms with van der Waals surface area (Å²) in [5.41, 5.74) is 6.85. The molecule has 134 valence electrons. The van der Waals surface area contributed by atoms with Crippen molar-refractivity contribution in [2.45, 2.75) is 6.61 Å². The summed E-state index contributed by atoms with van der Waals surface area (Å²) in [5, 5.41) is 4.25. The average Bonchev–Trinajstić information content (AvgIpc) is 3.11. The number of aromatic nitrogens is 2. The highest BCUT2D eigenvalue weighted by atomic mass is 79.9. The van der Waals surface area contributed by atoms with Gasteiger partial charge in [-0.2, -0.15) is 5.10 Å². The molecule has 6 heteroatoms. The number of imidazole rings is 1. The SMILES string of the molecule is Brc1ccc(COc2cccc(/C=N/Nc3nc4ccccc4[nH]3)c2)cc1. The van der Waals surface area contributed by atoms with Crippen LogP contribution in [0.2, 0.25) is 0 Å². The van der Waals surface area contributed by atoms with Gasteiger partial charge in [-0.25, -0.2) is 10.4 Å². The van der Waals surface area contributed by atoms with Crippen molar-refractivity contribution in [3.8, 4) is 5.75 Å². The first-order valence-corrected chi connectivity index (χ1v) is 9.27. The number of aromatic amines is 1. The highest BCUT2D eigenvalue weighted by Crippen LogP contribution is 2.16. The zero-order valence-corrected chi connectivity index (χ0v) is 16.0. The Morgan fingerprint density at radius 1 is 1.04 bits per heavy atom. The molecule has 0 atom stereocenters. The van der Waals surface area contributed by atoms with E-state index in [1.165, 1.54) is 0 Å². The zero-order chi connectivity index (χ0) is 18.5. The molecule has 27 heavy (non-hydrogen) atoms. The van der Waals surface area contributed by atoms with Crippen molar-refractivity contribution in [1.82, 2.24) is 9.97 Å². The van der Waals surface area contributed by atoms with E-state index in [1.54, 1.807) is 6.21 Å². The maximum atomic E-state index is 5.86. The molecule has 0 spiro atoms. The quantitative estimate of drug-likeness (QED) is 0.326. The third-order valence-electron chi connectivity index (χ3n) is 3.95. The summed E-state index contributed by atoms with van der Waals surface area (Å²) in [4.78, 5) is 7.59. The van der Waals surface area contributed by atoms with E-state index in [0.717, 1.165) is 32.4 Å². The van der Waals surface area contributed by atoms with E-state index in [2.05, 4.69) is 36.4 Å². The van der Waals surface area contributed by atoms with Crippen molar-refractivity contribution in [3.05, 3.63) is 88.4 Å². The van der Waals surface area contributed by atoms with Gasteiger partial charge < -0.3 is 9.72 Å². The average molecular weight is 421 g/mol. The number of hydrazone groups is 1. The van der Waals surface area contributed by atoms with Crippen LogP contribution in [0.4, 0.5) is 5.95 Å². The van der Waals surface area contributed by atoms with Crippen molar-refractivity contribution >= 4 is 39.1 Å². The molecular formula is C21H17BrN4O. The van der Waals surface area contributed by atoms with Crippen molar-refractivity contribution < 1.29 is 4.74 Å². The molecule has 0 aliphatic heterocycles. The summed E-state index contributed by atoms with van der Waals surface area (Å²) in [7, 11) is 0. The second kappa shape index (κ2) is 8.05. The summed E-state index contributed by atoms with van der Waals surface area (Å²) >= 11 is 3.43. The third kappa shape index (κ3) is 4.54. The summed E-state index contributed by atoms with van der Waals surface area (Å²) < 4.78 is 6.92. The molecule has 0 aliphatic rings. The summed E-state index contributed by atoms with van der Waals surface area (Å²) in [5.74, 6) is 1.40. The Labute approximate surface area is 165 Å². The summed E-state index contributed by atoms with van der Waals surface area (Å²) in [6.07, 6.45) is 1.74. The minimum atomic E-state index is 0.519. The van der Waals surface area contributed by atoms with Crippen LogP contribution in [0.15, 0.2) is 82.4 Å². The monoisotopic (exact) mass is 420 g/mol. The zero-order valence-electron chi connectivity index (χ0n) is 14.4. The normalized spacial score (nSPS) is 11.1. The molecule has 0 fully saturated rings. The largest absolute Gasteiger partial charge is 0.489 e. The van der Waals surface area contributed by atoms with Gasteiger partial charge >= 0.3 is 0 Å². The highest BCUT2D eigenvalue weighted by molar-refractivity contribution is 9.10. The number of hydrogen-bond donors (Lipinski definition) is 2. The van der Waals surface area contributed by atoms with Gasteiger partial charge in [0.2, 0.25) is 5.95 Å². The number of ether oxygens (including phenoxy) is 1. The Morgan fingerprint density at radius 2 is 1.89 bits per heavy atom. The summed E-state index contributed by atoms with van der Waals surface area (Å²) in [6, 6.07) is 23.7. The lowest BCUT2D eigenvalue weighted by Gasteiger charge is -2.07. The van der Waals surface area contributed by atoms with Gasteiger partial charge in [0.25, 0.3) is 0 Å². The van der Waals surface area contributed by atoms with E-state index in [-0.39, 0.29) is 0 Å². The molecule has 0 aliphatic carbocycles. The Kier molecular flexibility index (Phi) is 5.16. The minimum Gasteiger partial charge on any atom is -0.489 e. The number of nitrogens with zero attached hydrogens (tertiary/aromatic N) is 2. The minimum absolute atomic E-state index is 0.519. The number of anilines is 1. The Hall–Kier alpha value is -3.12. The first kappa shape index (κ1) is 17.3. The maximum absolute atomic E-state index is 5.86. The van der Waals surface area contributed by atoms with Crippen molar-refractivity contribution in [2.75, 3.05) is 5.43 Å². The number of para-hydroxylation sites is 2. The van der Waals surface area contributed by atoms with Gasteiger partial charge in [0.05, 0.1) is 17.2 Å². The van der Waals surface area contributed by atoms with Gasteiger partial charge in [-0.1, -0.05) is 52.3 Å². The van der Waals surface area contributed by atoms with Gasteiger partial charge in [0.15, 0.2) is 0 Å². The number of halogens is 1. The molecule has 0 amide bonds. The molecular weight excluding hydrogens is 404 g/mol. The number of nitrogens with one attached hydrogen (secondary N) is 2. The fourth-order valence-corrected chi connectivity index (χ4v) is 2.87. The molecule has 1 aromatic heterocycles. The predicted molar refractivity (Wildman–Crippen MR) is 112 cm³/mol. The number of benzene rings is 3. The van der Waals surface area contributed by atoms with Crippen molar-refractivity contribution in [1.29, 1.82) is 0 Å². The fourth-order valence-electron chi connectivity index (χ4n) is 2.61. The van der Waals surface area contributed by atoms with Crippen molar-refractivity contribution in [2.24, 2.45) is 5.10 Å². The standard InChI is InChI=1S/C21H17BrN4O/c22-17-10-8-15(9-11-17)14-27-18-5-3-4-16(12-18)13-23-26-21-24-19-6-1-2-7-20(19)25-21/h1-13H,14H2,(H2,24,25,26)/b23-13+. The van der Waals surface area contributed by atoms with Gasteiger partial charge in [-0.15, -0.1) is 0 Å². The van der Waals surface area contributed by atoms with Crippen LogP contribution < -0.4 is 10.2 Å².